The Labute approximate surface area is 95.2 Å². The number of rotatable bonds is 4. The van der Waals surface area contributed by atoms with Gasteiger partial charge in [0, 0.05) is 7.05 Å². The van der Waals surface area contributed by atoms with E-state index in [9.17, 15) is 9.59 Å². The van der Waals surface area contributed by atoms with E-state index in [1.807, 2.05) is 13.8 Å². The Balaban J connectivity index is 3.35. The average Bonchev–Trinajstić information content (AvgIpc) is 2.49. The topological polar surface area (TPSA) is 48.3 Å². The van der Waals surface area contributed by atoms with Crippen LogP contribution in [-0.4, -0.2) is 23.4 Å². The van der Waals surface area contributed by atoms with E-state index in [0.29, 0.717) is 18.0 Å². The molecular formula is C12H17NO3. The highest BCUT2D eigenvalue weighted by atomic mass is 16.5. The molecule has 16 heavy (non-hydrogen) atoms. The number of nitrogens with zero attached hydrogens (tertiary/aromatic N) is 1. The van der Waals surface area contributed by atoms with Crippen LogP contribution in [0.15, 0.2) is 0 Å². The Morgan fingerprint density at radius 1 is 1.44 bits per heavy atom. The molecule has 0 unspecified atom stereocenters. The number of hydrogen-bond donors (Lipinski definition) is 0. The summed E-state index contributed by atoms with van der Waals surface area (Å²) in [6.07, 6.45) is 1.52. The fourth-order valence-electron chi connectivity index (χ4n) is 2.00. The largest absolute Gasteiger partial charge is 0.461 e. The molecule has 4 heteroatoms. The highest BCUT2D eigenvalue weighted by Gasteiger charge is 2.22. The Kier molecular flexibility index (Phi) is 3.88. The molecule has 0 aliphatic heterocycles. The van der Waals surface area contributed by atoms with E-state index in [1.165, 1.54) is 0 Å². The van der Waals surface area contributed by atoms with Gasteiger partial charge in [-0.25, -0.2) is 4.79 Å². The van der Waals surface area contributed by atoms with Crippen LogP contribution in [0.1, 0.15) is 46.0 Å². The van der Waals surface area contributed by atoms with Crippen molar-refractivity contribution in [2.75, 3.05) is 6.61 Å². The maximum absolute atomic E-state index is 11.7. The van der Waals surface area contributed by atoms with E-state index < -0.39 is 0 Å². The van der Waals surface area contributed by atoms with E-state index in [2.05, 4.69) is 0 Å². The van der Waals surface area contributed by atoms with E-state index in [1.54, 1.807) is 18.5 Å². The summed E-state index contributed by atoms with van der Waals surface area (Å²) >= 11 is 0. The van der Waals surface area contributed by atoms with Crippen molar-refractivity contribution in [2.45, 2.75) is 27.2 Å². The van der Waals surface area contributed by atoms with Crippen LogP contribution < -0.4 is 0 Å². The summed E-state index contributed by atoms with van der Waals surface area (Å²) in [5.74, 6) is -0.370. The van der Waals surface area contributed by atoms with E-state index in [0.717, 1.165) is 23.8 Å². The summed E-state index contributed by atoms with van der Waals surface area (Å²) in [7, 11) is 1.71. The number of ether oxygens (including phenoxy) is 1. The Bertz CT molecular complexity index is 418. The first kappa shape index (κ1) is 12.5. The normalized spacial score (nSPS) is 10.2. The number of carbonyl (C=O) groups is 2. The van der Waals surface area contributed by atoms with Gasteiger partial charge in [0.05, 0.1) is 12.3 Å². The molecule has 1 heterocycles. The Morgan fingerprint density at radius 3 is 2.44 bits per heavy atom. The van der Waals surface area contributed by atoms with Gasteiger partial charge >= 0.3 is 5.97 Å². The SMILES string of the molecule is CCOC(=O)c1c(C)c(CC)c(C=O)n1C. The van der Waals surface area contributed by atoms with Gasteiger partial charge in [-0.05, 0) is 31.4 Å². The van der Waals surface area contributed by atoms with Crippen LogP contribution in [0, 0.1) is 6.92 Å². The van der Waals surface area contributed by atoms with Crippen molar-refractivity contribution in [1.29, 1.82) is 0 Å². The van der Waals surface area contributed by atoms with E-state index in [4.69, 9.17) is 4.74 Å². The van der Waals surface area contributed by atoms with E-state index in [-0.39, 0.29) is 5.97 Å². The Hall–Kier alpha value is -1.58. The van der Waals surface area contributed by atoms with Crippen LogP contribution in [-0.2, 0) is 18.2 Å². The van der Waals surface area contributed by atoms with Gasteiger partial charge in [0.15, 0.2) is 6.29 Å². The maximum atomic E-state index is 11.7. The molecule has 1 aromatic heterocycles. The molecule has 0 fully saturated rings. The van der Waals surface area contributed by atoms with Crippen molar-refractivity contribution in [2.24, 2.45) is 7.05 Å². The minimum absolute atomic E-state index is 0.335. The van der Waals surface area contributed by atoms with Crippen molar-refractivity contribution < 1.29 is 14.3 Å². The summed E-state index contributed by atoms with van der Waals surface area (Å²) in [5, 5.41) is 0. The first-order valence-electron chi connectivity index (χ1n) is 5.38. The van der Waals surface area contributed by atoms with Crippen molar-refractivity contribution in [3.63, 3.8) is 0 Å². The van der Waals surface area contributed by atoms with Crippen molar-refractivity contribution in [3.8, 4) is 0 Å². The lowest BCUT2D eigenvalue weighted by atomic mass is 10.1. The van der Waals surface area contributed by atoms with Crippen molar-refractivity contribution in [3.05, 3.63) is 22.5 Å². The molecule has 0 spiro atoms. The number of esters is 1. The Morgan fingerprint density at radius 2 is 2.06 bits per heavy atom. The summed E-state index contributed by atoms with van der Waals surface area (Å²) in [6, 6.07) is 0. The third kappa shape index (κ3) is 1.87. The first-order chi connectivity index (χ1) is 7.58. The van der Waals surface area contributed by atoms with Gasteiger partial charge in [-0.3, -0.25) is 4.79 Å². The molecule has 0 aliphatic carbocycles. The molecule has 0 saturated carbocycles. The second-order valence-electron chi connectivity index (χ2n) is 3.59. The molecule has 0 bridgehead atoms. The highest BCUT2D eigenvalue weighted by molar-refractivity contribution is 5.92. The summed E-state index contributed by atoms with van der Waals surface area (Å²) in [6.45, 7) is 5.90. The van der Waals surface area contributed by atoms with Crippen LogP contribution >= 0.6 is 0 Å². The molecule has 88 valence electrons. The third-order valence-electron chi connectivity index (χ3n) is 2.75. The molecule has 1 rings (SSSR count). The minimum atomic E-state index is -0.370. The molecule has 0 amide bonds. The average molecular weight is 223 g/mol. The zero-order chi connectivity index (χ0) is 12.3. The quantitative estimate of drug-likeness (QED) is 0.578. The highest BCUT2D eigenvalue weighted by Crippen LogP contribution is 2.21. The minimum Gasteiger partial charge on any atom is -0.461 e. The molecule has 0 radical (unpaired) electrons. The second kappa shape index (κ2) is 4.96. The number of hydrogen-bond acceptors (Lipinski definition) is 3. The summed E-state index contributed by atoms with van der Waals surface area (Å²) in [4.78, 5) is 22.7. The van der Waals surface area contributed by atoms with Gasteiger partial charge in [0.25, 0.3) is 0 Å². The van der Waals surface area contributed by atoms with Gasteiger partial charge in [0.2, 0.25) is 0 Å². The third-order valence-corrected chi connectivity index (χ3v) is 2.75. The van der Waals surface area contributed by atoms with Gasteiger partial charge in [0.1, 0.15) is 5.69 Å². The van der Waals surface area contributed by atoms with Gasteiger partial charge in [-0.1, -0.05) is 6.92 Å². The molecule has 0 aromatic carbocycles. The molecule has 0 N–H and O–H groups in total. The van der Waals surface area contributed by atoms with Gasteiger partial charge < -0.3 is 9.30 Å². The van der Waals surface area contributed by atoms with Crippen LogP contribution in [0.5, 0.6) is 0 Å². The molecule has 1 aromatic rings. The lowest BCUT2D eigenvalue weighted by Gasteiger charge is -2.04. The number of aldehydes is 1. The smallest absolute Gasteiger partial charge is 0.355 e. The summed E-state index contributed by atoms with van der Waals surface area (Å²) < 4.78 is 6.58. The zero-order valence-electron chi connectivity index (χ0n) is 10.2. The predicted octanol–water partition coefficient (Wildman–Crippen LogP) is 1.89. The van der Waals surface area contributed by atoms with Gasteiger partial charge in [-0.15, -0.1) is 0 Å². The summed E-state index contributed by atoms with van der Waals surface area (Å²) in [5.41, 5.74) is 2.79. The van der Waals surface area contributed by atoms with Crippen LogP contribution in [0.3, 0.4) is 0 Å². The van der Waals surface area contributed by atoms with Crippen LogP contribution in [0.2, 0.25) is 0 Å². The monoisotopic (exact) mass is 223 g/mol. The van der Waals surface area contributed by atoms with Crippen molar-refractivity contribution in [1.82, 2.24) is 4.57 Å². The fourth-order valence-corrected chi connectivity index (χ4v) is 2.00. The zero-order valence-corrected chi connectivity index (χ0v) is 10.2. The molecule has 0 aliphatic rings. The van der Waals surface area contributed by atoms with E-state index >= 15 is 0 Å². The lowest BCUT2D eigenvalue weighted by Crippen LogP contribution is -2.12. The molecule has 4 nitrogen and oxygen atoms in total. The van der Waals surface area contributed by atoms with Gasteiger partial charge in [-0.2, -0.15) is 0 Å². The number of carbonyl (C=O) groups excluding carboxylic acids is 2. The van der Waals surface area contributed by atoms with Crippen molar-refractivity contribution >= 4 is 12.3 Å². The predicted molar refractivity (Wildman–Crippen MR) is 60.9 cm³/mol. The van der Waals surface area contributed by atoms with Crippen LogP contribution in [0.4, 0.5) is 0 Å². The fraction of sp³-hybridized carbons (Fsp3) is 0.500. The molecule has 0 saturated heterocycles. The standard InChI is InChI=1S/C12H17NO3/c1-5-9-8(3)11(12(15)16-6-2)13(4)10(9)7-14/h7H,5-6H2,1-4H3. The molecule has 0 atom stereocenters. The second-order valence-corrected chi connectivity index (χ2v) is 3.59. The number of aromatic nitrogens is 1. The molecular weight excluding hydrogens is 206 g/mol. The maximum Gasteiger partial charge on any atom is 0.355 e. The van der Waals surface area contributed by atoms with Crippen LogP contribution in [0.25, 0.3) is 0 Å². The lowest BCUT2D eigenvalue weighted by molar-refractivity contribution is 0.0514. The first-order valence-corrected chi connectivity index (χ1v) is 5.38.